The Balaban J connectivity index is 1.37. The van der Waals surface area contributed by atoms with E-state index < -0.39 is 0 Å². The lowest BCUT2D eigenvalue weighted by Crippen LogP contribution is -2.42. The molecule has 4 rings (SSSR count). The van der Waals surface area contributed by atoms with Crippen molar-refractivity contribution in [2.45, 2.75) is 38.7 Å². The van der Waals surface area contributed by atoms with Crippen LogP contribution >= 0.6 is 0 Å². The minimum atomic E-state index is -0.196. The Morgan fingerprint density at radius 2 is 2.07 bits per heavy atom. The first-order chi connectivity index (χ1) is 13.2. The van der Waals surface area contributed by atoms with Crippen LogP contribution in [0.5, 0.6) is 0 Å². The molecule has 0 saturated carbocycles. The molecule has 2 aliphatic heterocycles. The van der Waals surface area contributed by atoms with Crippen LogP contribution in [0.3, 0.4) is 0 Å². The number of ether oxygens (including phenoxy) is 1. The Morgan fingerprint density at radius 1 is 1.22 bits per heavy atom. The summed E-state index contributed by atoms with van der Waals surface area (Å²) in [7, 11) is 0. The van der Waals surface area contributed by atoms with Gasteiger partial charge in [0, 0.05) is 38.7 Å². The molecule has 27 heavy (non-hydrogen) atoms. The molecule has 2 saturated heterocycles. The van der Waals surface area contributed by atoms with Crippen LogP contribution in [0.1, 0.15) is 42.6 Å². The number of carbonyl (C=O) groups excluding carboxylic acids is 1. The van der Waals surface area contributed by atoms with E-state index >= 15 is 0 Å². The quantitative estimate of drug-likeness (QED) is 0.805. The van der Waals surface area contributed by atoms with Gasteiger partial charge in [-0.25, -0.2) is 9.97 Å². The molecule has 2 aliphatic rings. The molecule has 0 aromatic carbocycles. The van der Waals surface area contributed by atoms with E-state index in [2.05, 4.69) is 9.88 Å². The summed E-state index contributed by atoms with van der Waals surface area (Å²) in [5, 5.41) is 0. The van der Waals surface area contributed by atoms with Gasteiger partial charge in [0.1, 0.15) is 17.6 Å². The second-order valence-corrected chi connectivity index (χ2v) is 7.19. The third kappa shape index (κ3) is 4.30. The molecule has 1 unspecified atom stereocenters. The van der Waals surface area contributed by atoms with E-state index in [0.29, 0.717) is 32.5 Å². The number of hydrogen-bond acceptors (Lipinski definition) is 6. The maximum Gasteiger partial charge on any atom is 0.225 e. The number of morpholine rings is 1. The molecular formula is C20H26N4O3. The highest BCUT2D eigenvalue weighted by molar-refractivity contribution is 5.76. The van der Waals surface area contributed by atoms with Crippen LogP contribution in [0.2, 0.25) is 0 Å². The fraction of sp³-hybridized carbons (Fsp3) is 0.550. The molecule has 7 heteroatoms. The Labute approximate surface area is 159 Å². The van der Waals surface area contributed by atoms with Crippen LogP contribution in [-0.4, -0.2) is 53.6 Å². The van der Waals surface area contributed by atoms with Gasteiger partial charge in [-0.2, -0.15) is 0 Å². The van der Waals surface area contributed by atoms with E-state index in [-0.39, 0.29) is 12.0 Å². The van der Waals surface area contributed by atoms with Crippen molar-refractivity contribution in [1.82, 2.24) is 14.9 Å². The van der Waals surface area contributed by atoms with Gasteiger partial charge in [-0.1, -0.05) is 0 Å². The number of aryl methyl sites for hydroxylation is 2. The van der Waals surface area contributed by atoms with E-state index in [1.165, 1.54) is 12.8 Å². The minimum absolute atomic E-state index is 0.131. The first kappa shape index (κ1) is 18.0. The third-order valence-electron chi connectivity index (χ3n) is 5.18. The van der Waals surface area contributed by atoms with Crippen molar-refractivity contribution in [3.05, 3.63) is 41.6 Å². The van der Waals surface area contributed by atoms with Gasteiger partial charge in [0.05, 0.1) is 18.8 Å². The number of carbonyl (C=O) groups is 1. The Hall–Kier alpha value is -2.41. The lowest BCUT2D eigenvalue weighted by molar-refractivity contribution is -0.139. The van der Waals surface area contributed by atoms with Gasteiger partial charge in [0.2, 0.25) is 11.9 Å². The lowest BCUT2D eigenvalue weighted by atomic mass is 10.1. The summed E-state index contributed by atoms with van der Waals surface area (Å²) in [6.45, 7) is 5.61. The number of anilines is 1. The summed E-state index contributed by atoms with van der Waals surface area (Å²) < 4.78 is 11.5. The van der Waals surface area contributed by atoms with E-state index in [9.17, 15) is 4.79 Å². The average molecular weight is 370 g/mol. The Kier molecular flexibility index (Phi) is 5.38. The van der Waals surface area contributed by atoms with E-state index in [4.69, 9.17) is 14.1 Å². The molecule has 1 atom stereocenters. The molecule has 0 radical (unpaired) electrons. The van der Waals surface area contributed by atoms with Crippen molar-refractivity contribution >= 4 is 11.9 Å². The molecule has 0 N–H and O–H groups in total. The van der Waals surface area contributed by atoms with Crippen LogP contribution < -0.4 is 4.90 Å². The van der Waals surface area contributed by atoms with Crippen LogP contribution in [0, 0.1) is 6.92 Å². The summed E-state index contributed by atoms with van der Waals surface area (Å²) in [6.07, 6.45) is 5.04. The molecular weight excluding hydrogens is 344 g/mol. The molecule has 1 amide bonds. The van der Waals surface area contributed by atoms with Crippen LogP contribution in [0.4, 0.5) is 5.95 Å². The van der Waals surface area contributed by atoms with Crippen molar-refractivity contribution in [1.29, 1.82) is 0 Å². The van der Waals surface area contributed by atoms with Gasteiger partial charge in [-0.05, 0) is 38.0 Å². The smallest absolute Gasteiger partial charge is 0.225 e. The molecule has 0 aliphatic carbocycles. The zero-order valence-electron chi connectivity index (χ0n) is 15.8. The van der Waals surface area contributed by atoms with Gasteiger partial charge in [-0.15, -0.1) is 0 Å². The van der Waals surface area contributed by atoms with Crippen molar-refractivity contribution in [3.63, 3.8) is 0 Å². The number of hydrogen-bond donors (Lipinski definition) is 0. The molecule has 7 nitrogen and oxygen atoms in total. The second kappa shape index (κ2) is 8.08. The van der Waals surface area contributed by atoms with Gasteiger partial charge in [-0.3, -0.25) is 4.79 Å². The Morgan fingerprint density at radius 3 is 2.85 bits per heavy atom. The van der Waals surface area contributed by atoms with Crippen molar-refractivity contribution in [2.24, 2.45) is 0 Å². The zero-order valence-corrected chi connectivity index (χ0v) is 15.8. The normalized spacial score (nSPS) is 20.3. The highest BCUT2D eigenvalue weighted by atomic mass is 16.5. The molecule has 4 heterocycles. The van der Waals surface area contributed by atoms with Gasteiger partial charge in [0.15, 0.2) is 0 Å². The Bertz CT molecular complexity index is 785. The van der Waals surface area contributed by atoms with Gasteiger partial charge >= 0.3 is 0 Å². The predicted molar refractivity (Wildman–Crippen MR) is 101 cm³/mol. The fourth-order valence-corrected chi connectivity index (χ4v) is 3.67. The third-order valence-corrected chi connectivity index (χ3v) is 5.18. The summed E-state index contributed by atoms with van der Waals surface area (Å²) in [4.78, 5) is 25.8. The number of rotatable bonds is 5. The monoisotopic (exact) mass is 370 g/mol. The summed E-state index contributed by atoms with van der Waals surface area (Å²) >= 11 is 0. The van der Waals surface area contributed by atoms with E-state index in [0.717, 1.165) is 36.3 Å². The fourth-order valence-electron chi connectivity index (χ4n) is 3.67. The van der Waals surface area contributed by atoms with Crippen molar-refractivity contribution in [3.8, 4) is 0 Å². The van der Waals surface area contributed by atoms with Crippen LogP contribution in [0.15, 0.2) is 28.8 Å². The topological polar surface area (TPSA) is 71.7 Å². The second-order valence-electron chi connectivity index (χ2n) is 7.19. The number of furan rings is 1. The number of nitrogens with zero attached hydrogens (tertiary/aromatic N) is 4. The van der Waals surface area contributed by atoms with Gasteiger partial charge < -0.3 is 19.0 Å². The first-order valence-corrected chi connectivity index (χ1v) is 9.71. The zero-order chi connectivity index (χ0) is 18.6. The number of amides is 1. The predicted octanol–water partition coefficient (Wildman–Crippen LogP) is 2.51. The maximum absolute atomic E-state index is 12.6. The largest absolute Gasteiger partial charge is 0.466 e. The van der Waals surface area contributed by atoms with Gasteiger partial charge in [0.25, 0.3) is 0 Å². The highest BCUT2D eigenvalue weighted by Gasteiger charge is 2.27. The molecule has 144 valence electrons. The SMILES string of the molecule is Cc1ccc(CCC(=O)N2CCOC(c3ccnc(N4CCCC4)n3)C2)o1. The molecule has 2 aromatic heterocycles. The standard InChI is InChI=1S/C20H26N4O3/c1-15-4-5-16(27-15)6-7-19(25)24-12-13-26-18(14-24)17-8-9-21-20(22-17)23-10-2-3-11-23/h4-5,8-9,18H,2-3,6-7,10-14H2,1H3. The summed E-state index contributed by atoms with van der Waals surface area (Å²) in [5.74, 6) is 2.63. The van der Waals surface area contributed by atoms with Crippen LogP contribution in [-0.2, 0) is 16.0 Å². The molecule has 2 aromatic rings. The first-order valence-electron chi connectivity index (χ1n) is 9.71. The van der Waals surface area contributed by atoms with E-state index in [1.807, 2.05) is 30.0 Å². The maximum atomic E-state index is 12.6. The average Bonchev–Trinajstić information content (AvgIpc) is 3.38. The van der Waals surface area contributed by atoms with Crippen LogP contribution in [0.25, 0.3) is 0 Å². The van der Waals surface area contributed by atoms with Crippen molar-refractivity contribution in [2.75, 3.05) is 37.7 Å². The summed E-state index contributed by atoms with van der Waals surface area (Å²) in [6, 6.07) is 5.76. The highest BCUT2D eigenvalue weighted by Crippen LogP contribution is 2.24. The lowest BCUT2D eigenvalue weighted by Gasteiger charge is -2.33. The van der Waals surface area contributed by atoms with E-state index in [1.54, 1.807) is 6.20 Å². The molecule has 2 fully saturated rings. The molecule has 0 bridgehead atoms. The summed E-state index contributed by atoms with van der Waals surface area (Å²) in [5.41, 5.74) is 0.853. The number of aromatic nitrogens is 2. The molecule has 0 spiro atoms. The minimum Gasteiger partial charge on any atom is -0.466 e. The van der Waals surface area contributed by atoms with Crippen molar-refractivity contribution < 1.29 is 13.9 Å².